The molecule has 2 aromatic heterocycles. The quantitative estimate of drug-likeness (QED) is 0.672. The predicted molar refractivity (Wildman–Crippen MR) is 106 cm³/mol. The average molecular weight is 483 g/mol. The molecule has 2 aromatic rings. The smallest absolute Gasteiger partial charge is 0.390 e. The largest absolute Gasteiger partial charge is 0.511 e. The van der Waals surface area contributed by atoms with Crippen molar-refractivity contribution in [2.24, 2.45) is 0 Å². The number of nitrogens with one attached hydrogen (secondary N) is 1. The van der Waals surface area contributed by atoms with Crippen LogP contribution in [0.1, 0.15) is 44.9 Å². The van der Waals surface area contributed by atoms with Gasteiger partial charge in [-0.15, -0.1) is 5.10 Å². The standard InChI is InChI=1S/C17H22ClF3N6O3S/c1-2-16(5-3-6-16)14-24-13(18)11-8-22-15(25-27(11)14)23-10-4-7-26(9-12(10)28)31(29,30)17(19,20)21/h8,10,12,28H,2-7,9H2,1H3,(H,23,25)/t10-,12+/m0/s1. The zero-order valence-electron chi connectivity index (χ0n) is 16.6. The molecule has 2 N–H and O–H groups in total. The van der Waals surface area contributed by atoms with Crippen LogP contribution in [0.4, 0.5) is 19.1 Å². The zero-order valence-corrected chi connectivity index (χ0v) is 18.2. The number of aliphatic hydroxyl groups excluding tert-OH is 1. The van der Waals surface area contributed by atoms with E-state index in [2.05, 4.69) is 27.3 Å². The maximum atomic E-state index is 12.8. The SMILES string of the molecule is CCC1(c2nc(Cl)c3cnc(N[C@H]4CCN(S(=O)(=O)C(F)(F)F)C[C@H]4O)nn23)CCC1. The molecule has 3 heterocycles. The molecule has 1 aliphatic heterocycles. The van der Waals surface area contributed by atoms with Gasteiger partial charge in [-0.1, -0.05) is 24.9 Å². The van der Waals surface area contributed by atoms with Gasteiger partial charge in [-0.05, 0) is 25.7 Å². The maximum absolute atomic E-state index is 12.8. The van der Waals surface area contributed by atoms with Crippen molar-refractivity contribution >= 4 is 33.1 Å². The molecule has 172 valence electrons. The maximum Gasteiger partial charge on any atom is 0.511 e. The highest BCUT2D eigenvalue weighted by Crippen LogP contribution is 2.46. The lowest BCUT2D eigenvalue weighted by Gasteiger charge is -2.39. The number of hydrogen-bond acceptors (Lipinski definition) is 7. The van der Waals surface area contributed by atoms with E-state index < -0.39 is 34.2 Å². The fourth-order valence-electron chi connectivity index (χ4n) is 4.20. The van der Waals surface area contributed by atoms with E-state index in [0.717, 1.165) is 31.5 Å². The van der Waals surface area contributed by atoms with E-state index in [-0.39, 0.29) is 33.8 Å². The van der Waals surface area contributed by atoms with Crippen LogP contribution in [0.3, 0.4) is 0 Å². The number of alkyl halides is 3. The Bertz CT molecular complexity index is 1080. The summed E-state index contributed by atoms with van der Waals surface area (Å²) in [6, 6.07) is -0.719. The minimum absolute atomic E-state index is 0.0473. The number of aliphatic hydroxyl groups is 1. The van der Waals surface area contributed by atoms with Crippen LogP contribution in [0.5, 0.6) is 0 Å². The topological polar surface area (TPSA) is 113 Å². The van der Waals surface area contributed by atoms with Crippen molar-refractivity contribution in [3.05, 3.63) is 17.2 Å². The molecule has 0 spiro atoms. The average Bonchev–Trinajstić information content (AvgIpc) is 2.98. The predicted octanol–water partition coefficient (Wildman–Crippen LogP) is 2.31. The van der Waals surface area contributed by atoms with E-state index in [4.69, 9.17) is 11.6 Å². The summed E-state index contributed by atoms with van der Waals surface area (Å²) in [5.74, 6) is 0.878. The van der Waals surface area contributed by atoms with Crippen molar-refractivity contribution in [1.29, 1.82) is 0 Å². The summed E-state index contributed by atoms with van der Waals surface area (Å²) in [6.45, 7) is 1.01. The molecule has 9 nitrogen and oxygen atoms in total. The lowest BCUT2D eigenvalue weighted by atomic mass is 9.66. The number of halogens is 4. The Labute approximate surface area is 181 Å². The number of piperidine rings is 1. The van der Waals surface area contributed by atoms with Gasteiger partial charge in [0.15, 0.2) is 5.15 Å². The fourth-order valence-corrected chi connectivity index (χ4v) is 5.40. The third-order valence-corrected chi connectivity index (χ3v) is 8.18. The van der Waals surface area contributed by atoms with Crippen LogP contribution in [0.15, 0.2) is 6.20 Å². The summed E-state index contributed by atoms with van der Waals surface area (Å²) in [6.07, 6.45) is 3.97. The number of aromatic nitrogens is 4. The van der Waals surface area contributed by atoms with Crippen LogP contribution in [-0.2, 0) is 15.4 Å². The number of hydrogen-bond donors (Lipinski definition) is 2. The van der Waals surface area contributed by atoms with Gasteiger partial charge in [0.1, 0.15) is 11.3 Å². The first kappa shape index (κ1) is 22.5. The number of rotatable bonds is 5. The van der Waals surface area contributed by atoms with E-state index in [0.29, 0.717) is 5.52 Å². The minimum Gasteiger partial charge on any atom is -0.390 e. The zero-order chi connectivity index (χ0) is 22.6. The molecule has 31 heavy (non-hydrogen) atoms. The van der Waals surface area contributed by atoms with Crippen molar-refractivity contribution in [3.8, 4) is 0 Å². The number of nitrogens with zero attached hydrogens (tertiary/aromatic N) is 5. The van der Waals surface area contributed by atoms with Crippen LogP contribution in [0, 0.1) is 0 Å². The van der Waals surface area contributed by atoms with Crippen molar-refractivity contribution < 1.29 is 26.7 Å². The van der Waals surface area contributed by atoms with Gasteiger partial charge >= 0.3 is 15.5 Å². The normalized spacial score (nSPS) is 24.8. The van der Waals surface area contributed by atoms with Crippen molar-refractivity contribution in [3.63, 3.8) is 0 Å². The second kappa shape index (κ2) is 7.71. The number of fused-ring (bicyclic) bond motifs is 1. The van der Waals surface area contributed by atoms with Crippen molar-refractivity contribution in [2.75, 3.05) is 18.4 Å². The second-order valence-corrected chi connectivity index (χ2v) is 10.3. The first-order valence-electron chi connectivity index (χ1n) is 9.91. The molecule has 14 heteroatoms. The molecule has 2 fully saturated rings. The van der Waals surface area contributed by atoms with E-state index in [9.17, 15) is 26.7 Å². The van der Waals surface area contributed by atoms with Gasteiger partial charge in [-0.25, -0.2) is 22.9 Å². The first-order chi connectivity index (χ1) is 14.5. The lowest BCUT2D eigenvalue weighted by Crippen LogP contribution is -2.54. The van der Waals surface area contributed by atoms with Gasteiger partial charge in [-0.2, -0.15) is 17.5 Å². The Balaban J connectivity index is 1.55. The summed E-state index contributed by atoms with van der Waals surface area (Å²) in [7, 11) is -5.49. The van der Waals surface area contributed by atoms with Crippen LogP contribution in [0.25, 0.3) is 5.52 Å². The summed E-state index contributed by atoms with van der Waals surface area (Å²) >= 11 is 6.26. The molecular weight excluding hydrogens is 461 g/mol. The van der Waals surface area contributed by atoms with Crippen LogP contribution >= 0.6 is 11.6 Å². The fraction of sp³-hybridized carbons (Fsp3) is 0.706. The molecule has 2 atom stereocenters. The van der Waals surface area contributed by atoms with E-state index in [1.807, 2.05) is 0 Å². The molecule has 0 unspecified atom stereocenters. The monoisotopic (exact) mass is 482 g/mol. The molecule has 0 radical (unpaired) electrons. The number of anilines is 1. The van der Waals surface area contributed by atoms with E-state index in [1.54, 1.807) is 4.52 Å². The number of β-amino-alcohol motifs (C(OH)–C–C–N with tert-alkyl or cyclic N) is 1. The Morgan fingerprint density at radius 3 is 2.65 bits per heavy atom. The van der Waals surface area contributed by atoms with Gasteiger partial charge < -0.3 is 10.4 Å². The second-order valence-electron chi connectivity index (χ2n) is 8.01. The highest BCUT2D eigenvalue weighted by atomic mass is 35.5. The van der Waals surface area contributed by atoms with Crippen molar-refractivity contribution in [2.45, 2.75) is 62.1 Å². The molecule has 0 bridgehead atoms. The van der Waals surface area contributed by atoms with Gasteiger partial charge in [0.25, 0.3) is 0 Å². The van der Waals surface area contributed by atoms with Gasteiger partial charge in [0.05, 0.1) is 18.3 Å². The van der Waals surface area contributed by atoms with Crippen LogP contribution < -0.4 is 5.32 Å². The van der Waals surface area contributed by atoms with Gasteiger partial charge in [0, 0.05) is 18.5 Å². The van der Waals surface area contributed by atoms with Crippen molar-refractivity contribution in [1.82, 2.24) is 23.9 Å². The van der Waals surface area contributed by atoms with Gasteiger partial charge in [-0.3, -0.25) is 0 Å². The Kier molecular flexibility index (Phi) is 5.59. The van der Waals surface area contributed by atoms with E-state index >= 15 is 0 Å². The van der Waals surface area contributed by atoms with Gasteiger partial charge in [0.2, 0.25) is 5.95 Å². The molecule has 0 aromatic carbocycles. The highest BCUT2D eigenvalue weighted by molar-refractivity contribution is 7.90. The molecule has 1 aliphatic carbocycles. The van der Waals surface area contributed by atoms with Crippen LogP contribution in [-0.4, -0.2) is 68.2 Å². The molecule has 1 saturated heterocycles. The number of sulfonamides is 1. The molecule has 1 saturated carbocycles. The van der Waals surface area contributed by atoms with E-state index in [1.165, 1.54) is 6.20 Å². The molecule has 4 rings (SSSR count). The van der Waals surface area contributed by atoms with Crippen LogP contribution in [0.2, 0.25) is 5.15 Å². The summed E-state index contributed by atoms with van der Waals surface area (Å²) in [4.78, 5) is 8.66. The third kappa shape index (κ3) is 3.74. The summed E-state index contributed by atoms with van der Waals surface area (Å²) in [5.41, 5.74) is -4.98. The molecule has 2 aliphatic rings. The Morgan fingerprint density at radius 1 is 1.39 bits per heavy atom. The first-order valence-corrected chi connectivity index (χ1v) is 11.7. The third-order valence-electron chi connectivity index (χ3n) is 6.30. The Hall–Kier alpha value is -1.70. The molecule has 0 amide bonds. The highest BCUT2D eigenvalue weighted by Gasteiger charge is 2.51. The summed E-state index contributed by atoms with van der Waals surface area (Å²) < 4.78 is 63.3. The minimum atomic E-state index is -5.49. The molecular formula is C17H22ClF3N6O3S. The lowest BCUT2D eigenvalue weighted by molar-refractivity contribution is -0.0510. The summed E-state index contributed by atoms with van der Waals surface area (Å²) in [5, 5.41) is 17.9. The Morgan fingerprint density at radius 2 is 2.10 bits per heavy atom. The number of imidazole rings is 1.